The number of nitrogens with zero attached hydrogens (tertiary/aromatic N) is 2. The van der Waals surface area contributed by atoms with Gasteiger partial charge in [0.05, 0.1) is 21.5 Å². The largest absolute Gasteiger partial charge is 0.325 e. The van der Waals surface area contributed by atoms with E-state index < -0.39 is 5.66 Å². The average Bonchev–Trinajstić information content (AvgIpc) is 3.01. The lowest BCUT2D eigenvalue weighted by Gasteiger charge is -2.13. The minimum absolute atomic E-state index is 0.140. The fourth-order valence-corrected chi connectivity index (χ4v) is 3.73. The molecule has 1 atom stereocenters. The zero-order valence-electron chi connectivity index (χ0n) is 15.0. The maximum atomic E-state index is 12.3. The van der Waals surface area contributed by atoms with E-state index >= 15 is 0 Å². The smallest absolute Gasteiger partial charge is 0.234 e. The molecule has 2 aromatic carbocycles. The molecule has 140 valence electrons. The summed E-state index contributed by atoms with van der Waals surface area (Å²) in [6.45, 7) is 4.06. The van der Waals surface area contributed by atoms with Gasteiger partial charge >= 0.3 is 0 Å². The van der Waals surface area contributed by atoms with Crippen LogP contribution in [-0.2, 0) is 4.79 Å². The summed E-state index contributed by atoms with van der Waals surface area (Å²) < 4.78 is 0. The highest BCUT2D eigenvalue weighted by Crippen LogP contribution is 2.30. The van der Waals surface area contributed by atoms with Crippen molar-refractivity contribution in [2.24, 2.45) is 9.98 Å². The summed E-state index contributed by atoms with van der Waals surface area (Å²) in [6.07, 6.45) is 0.795. The molecule has 7 heteroatoms. The standard InChI is InChI=1S/C20H19Cl2N3OS/c1-3-20(2)24-18(13-7-5-4-6-8-13)19(25-20)27-12-17(26)23-14-9-10-15(21)16(22)11-14/h4-11H,3,12H2,1-2H3,(H,23,26)/t20-/m0/s1. The zero-order valence-corrected chi connectivity index (χ0v) is 17.3. The van der Waals surface area contributed by atoms with E-state index in [1.54, 1.807) is 18.2 Å². The van der Waals surface area contributed by atoms with Crippen LogP contribution in [0.2, 0.25) is 10.0 Å². The first kappa shape index (κ1) is 19.9. The van der Waals surface area contributed by atoms with Crippen LogP contribution in [0.5, 0.6) is 0 Å². The Kier molecular flexibility index (Phi) is 6.25. The van der Waals surface area contributed by atoms with Crippen LogP contribution >= 0.6 is 35.0 Å². The van der Waals surface area contributed by atoms with Crippen molar-refractivity contribution < 1.29 is 4.79 Å². The Balaban J connectivity index is 1.70. The third-order valence-electron chi connectivity index (χ3n) is 4.16. The number of aliphatic imine (C=N–C) groups is 2. The van der Waals surface area contributed by atoms with E-state index in [4.69, 9.17) is 33.2 Å². The molecular weight excluding hydrogens is 401 g/mol. The van der Waals surface area contributed by atoms with Crippen molar-refractivity contribution in [3.8, 4) is 0 Å². The molecule has 0 aromatic heterocycles. The molecule has 1 aliphatic heterocycles. The van der Waals surface area contributed by atoms with E-state index in [-0.39, 0.29) is 11.7 Å². The van der Waals surface area contributed by atoms with Crippen LogP contribution in [0.4, 0.5) is 5.69 Å². The van der Waals surface area contributed by atoms with Gasteiger partial charge in [-0.1, -0.05) is 72.2 Å². The number of nitrogens with one attached hydrogen (secondary N) is 1. The lowest BCUT2D eigenvalue weighted by molar-refractivity contribution is -0.113. The Bertz CT molecular complexity index is 915. The summed E-state index contributed by atoms with van der Waals surface area (Å²) in [5.41, 5.74) is 1.98. The molecule has 3 rings (SSSR count). The Hall–Kier alpha value is -1.82. The molecule has 0 unspecified atom stereocenters. The van der Waals surface area contributed by atoms with Crippen LogP contribution in [-0.4, -0.2) is 28.1 Å². The predicted octanol–water partition coefficient (Wildman–Crippen LogP) is 5.69. The van der Waals surface area contributed by atoms with Crippen molar-refractivity contribution in [2.75, 3.05) is 11.1 Å². The van der Waals surface area contributed by atoms with E-state index in [2.05, 4.69) is 12.2 Å². The first-order valence-electron chi connectivity index (χ1n) is 8.53. The van der Waals surface area contributed by atoms with E-state index in [1.807, 2.05) is 37.3 Å². The van der Waals surface area contributed by atoms with Gasteiger partial charge in [-0.2, -0.15) is 0 Å². The average molecular weight is 420 g/mol. The summed E-state index contributed by atoms with van der Waals surface area (Å²) in [6, 6.07) is 14.9. The molecule has 4 nitrogen and oxygen atoms in total. The lowest BCUT2D eigenvalue weighted by atomic mass is 10.1. The number of anilines is 1. The molecule has 1 amide bonds. The van der Waals surface area contributed by atoms with Crippen molar-refractivity contribution in [2.45, 2.75) is 25.9 Å². The number of benzene rings is 2. The van der Waals surface area contributed by atoms with Gasteiger partial charge < -0.3 is 5.32 Å². The molecule has 1 heterocycles. The van der Waals surface area contributed by atoms with Gasteiger partial charge in [0.15, 0.2) is 0 Å². The van der Waals surface area contributed by atoms with Crippen molar-refractivity contribution in [1.82, 2.24) is 0 Å². The Morgan fingerprint density at radius 3 is 2.52 bits per heavy atom. The summed E-state index contributed by atoms with van der Waals surface area (Å²) in [5.74, 6) is 0.0867. The van der Waals surface area contributed by atoms with Crippen LogP contribution in [0.3, 0.4) is 0 Å². The number of rotatable bonds is 5. The van der Waals surface area contributed by atoms with Gasteiger partial charge in [-0.25, -0.2) is 4.99 Å². The van der Waals surface area contributed by atoms with E-state index in [9.17, 15) is 4.79 Å². The van der Waals surface area contributed by atoms with Gasteiger partial charge in [0, 0.05) is 11.3 Å². The van der Waals surface area contributed by atoms with Gasteiger partial charge in [-0.3, -0.25) is 9.79 Å². The SMILES string of the molecule is CC[C@]1(C)N=C(SCC(=O)Nc2ccc(Cl)c(Cl)c2)C(c2ccccc2)=N1. The Morgan fingerprint density at radius 2 is 1.85 bits per heavy atom. The molecule has 0 saturated carbocycles. The minimum atomic E-state index is -0.478. The van der Waals surface area contributed by atoms with Gasteiger partial charge in [0.1, 0.15) is 10.7 Å². The number of thioether (sulfide) groups is 1. The molecule has 0 aliphatic carbocycles. The van der Waals surface area contributed by atoms with Crippen molar-refractivity contribution in [1.29, 1.82) is 0 Å². The predicted molar refractivity (Wildman–Crippen MR) is 117 cm³/mol. The van der Waals surface area contributed by atoms with Gasteiger partial charge in [-0.05, 0) is 31.5 Å². The highest BCUT2D eigenvalue weighted by atomic mass is 35.5. The first-order chi connectivity index (χ1) is 12.9. The number of hydrogen-bond acceptors (Lipinski definition) is 4. The van der Waals surface area contributed by atoms with Crippen LogP contribution in [0.1, 0.15) is 25.8 Å². The van der Waals surface area contributed by atoms with Gasteiger partial charge in [-0.15, -0.1) is 0 Å². The number of amides is 1. The van der Waals surface area contributed by atoms with Crippen molar-refractivity contribution in [3.05, 3.63) is 64.1 Å². The molecule has 1 aliphatic rings. The molecule has 1 N–H and O–H groups in total. The van der Waals surface area contributed by atoms with Crippen LogP contribution in [0.15, 0.2) is 58.5 Å². The minimum Gasteiger partial charge on any atom is -0.325 e. The Morgan fingerprint density at radius 1 is 1.11 bits per heavy atom. The van der Waals surface area contributed by atoms with Gasteiger partial charge in [0.2, 0.25) is 5.91 Å². The van der Waals surface area contributed by atoms with Crippen LogP contribution in [0.25, 0.3) is 0 Å². The normalized spacial score (nSPS) is 18.8. The summed E-state index contributed by atoms with van der Waals surface area (Å²) in [5, 5.41) is 4.47. The number of halogens is 2. The molecule has 0 saturated heterocycles. The Labute approximate surface area is 173 Å². The second-order valence-electron chi connectivity index (χ2n) is 6.28. The molecule has 0 fully saturated rings. The highest BCUT2D eigenvalue weighted by Gasteiger charge is 2.31. The number of carbonyl (C=O) groups is 1. The zero-order chi connectivity index (χ0) is 19.4. The van der Waals surface area contributed by atoms with E-state index in [0.29, 0.717) is 15.7 Å². The molecule has 0 spiro atoms. The number of carbonyl (C=O) groups excluding carboxylic acids is 1. The quantitative estimate of drug-likeness (QED) is 0.675. The summed E-state index contributed by atoms with van der Waals surface area (Å²) in [7, 11) is 0. The molecule has 2 aromatic rings. The fraction of sp³-hybridized carbons (Fsp3) is 0.250. The topological polar surface area (TPSA) is 53.8 Å². The molecular formula is C20H19Cl2N3OS. The fourth-order valence-electron chi connectivity index (χ4n) is 2.53. The molecule has 0 radical (unpaired) electrons. The van der Waals surface area contributed by atoms with Gasteiger partial charge in [0.25, 0.3) is 0 Å². The maximum Gasteiger partial charge on any atom is 0.234 e. The number of hydrogen-bond donors (Lipinski definition) is 1. The summed E-state index contributed by atoms with van der Waals surface area (Å²) >= 11 is 13.3. The second-order valence-corrected chi connectivity index (χ2v) is 8.06. The first-order valence-corrected chi connectivity index (χ1v) is 10.3. The highest BCUT2D eigenvalue weighted by molar-refractivity contribution is 8.16. The van der Waals surface area contributed by atoms with Crippen LogP contribution < -0.4 is 5.32 Å². The monoisotopic (exact) mass is 419 g/mol. The third-order valence-corrected chi connectivity index (χ3v) is 5.86. The third kappa shape index (κ3) is 4.92. The molecule has 27 heavy (non-hydrogen) atoms. The second kappa shape index (κ2) is 8.46. The summed E-state index contributed by atoms with van der Waals surface area (Å²) in [4.78, 5) is 21.9. The van der Waals surface area contributed by atoms with Crippen LogP contribution in [0, 0.1) is 0 Å². The lowest BCUT2D eigenvalue weighted by Crippen LogP contribution is -2.17. The maximum absolute atomic E-state index is 12.3. The van der Waals surface area contributed by atoms with Crippen molar-refractivity contribution in [3.63, 3.8) is 0 Å². The van der Waals surface area contributed by atoms with Crippen molar-refractivity contribution >= 4 is 57.3 Å². The molecule has 0 bridgehead atoms. The van der Waals surface area contributed by atoms with E-state index in [1.165, 1.54) is 11.8 Å². The van der Waals surface area contributed by atoms with E-state index in [0.717, 1.165) is 22.7 Å².